The van der Waals surface area contributed by atoms with Crippen LogP contribution >= 0.6 is 0 Å². The summed E-state index contributed by atoms with van der Waals surface area (Å²) >= 11 is 0. The van der Waals surface area contributed by atoms with Crippen molar-refractivity contribution < 1.29 is 4.74 Å². The van der Waals surface area contributed by atoms with Gasteiger partial charge in [0, 0.05) is 18.9 Å². The highest BCUT2D eigenvalue weighted by atomic mass is 16.5. The maximum absolute atomic E-state index is 5.30. The number of rotatable bonds is 2. The predicted octanol–water partition coefficient (Wildman–Crippen LogP) is 1.30. The van der Waals surface area contributed by atoms with Crippen LogP contribution in [0.5, 0.6) is 0 Å². The van der Waals surface area contributed by atoms with E-state index >= 15 is 0 Å². The maximum atomic E-state index is 5.30. The normalized spacial score (nSPS) is 23.2. The molecule has 3 heteroatoms. The third-order valence-electron chi connectivity index (χ3n) is 2.29. The van der Waals surface area contributed by atoms with Crippen molar-refractivity contribution in [2.75, 3.05) is 13.2 Å². The molecular weight excluding hydrogens is 152 g/mol. The van der Waals surface area contributed by atoms with Crippen LogP contribution in [0, 0.1) is 12.8 Å². The van der Waals surface area contributed by atoms with E-state index in [1.54, 1.807) is 0 Å². The van der Waals surface area contributed by atoms with E-state index < -0.39 is 0 Å². The molecule has 1 fully saturated rings. The molecule has 1 aromatic rings. The quantitative estimate of drug-likeness (QED) is 0.719. The summed E-state index contributed by atoms with van der Waals surface area (Å²) < 4.78 is 5.30. The molecule has 1 saturated heterocycles. The van der Waals surface area contributed by atoms with Gasteiger partial charge in [-0.15, -0.1) is 0 Å². The summed E-state index contributed by atoms with van der Waals surface area (Å²) in [5, 5.41) is 7.12. The molecule has 2 heterocycles. The van der Waals surface area contributed by atoms with Crippen LogP contribution in [0.2, 0.25) is 0 Å². The number of aromatic amines is 1. The first-order chi connectivity index (χ1) is 5.84. The zero-order valence-electron chi connectivity index (χ0n) is 7.34. The van der Waals surface area contributed by atoms with Crippen molar-refractivity contribution in [1.29, 1.82) is 0 Å². The fourth-order valence-corrected chi connectivity index (χ4v) is 1.64. The number of nitrogens with zero attached hydrogens (tertiary/aromatic N) is 1. The van der Waals surface area contributed by atoms with Crippen molar-refractivity contribution in [3.05, 3.63) is 17.5 Å². The molecule has 0 bridgehead atoms. The number of hydrogen-bond donors (Lipinski definition) is 1. The average Bonchev–Trinajstić information content (AvgIpc) is 2.63. The Labute approximate surface area is 72.1 Å². The Kier molecular flexibility index (Phi) is 2.13. The van der Waals surface area contributed by atoms with E-state index in [0.717, 1.165) is 25.3 Å². The summed E-state index contributed by atoms with van der Waals surface area (Å²) in [6.45, 7) is 3.85. The highest BCUT2D eigenvalue weighted by molar-refractivity contribution is 5.07. The number of aromatic nitrogens is 2. The summed E-state index contributed by atoms with van der Waals surface area (Å²) in [5.74, 6) is 0.699. The third kappa shape index (κ3) is 1.67. The maximum Gasteiger partial charge on any atom is 0.0594 e. The second-order valence-electron chi connectivity index (χ2n) is 3.47. The molecule has 66 valence electrons. The van der Waals surface area contributed by atoms with Crippen molar-refractivity contribution in [2.24, 2.45) is 5.92 Å². The van der Waals surface area contributed by atoms with Gasteiger partial charge in [0.2, 0.25) is 0 Å². The van der Waals surface area contributed by atoms with Crippen LogP contribution in [0.4, 0.5) is 0 Å². The predicted molar refractivity (Wildman–Crippen MR) is 46.0 cm³/mol. The minimum Gasteiger partial charge on any atom is -0.381 e. The first-order valence-corrected chi connectivity index (χ1v) is 4.43. The van der Waals surface area contributed by atoms with Crippen LogP contribution in [-0.2, 0) is 11.2 Å². The van der Waals surface area contributed by atoms with E-state index in [2.05, 4.69) is 16.3 Å². The number of H-pyrrole nitrogens is 1. The molecule has 0 spiro atoms. The van der Waals surface area contributed by atoms with Gasteiger partial charge in [0.25, 0.3) is 0 Å². The van der Waals surface area contributed by atoms with E-state index in [1.165, 1.54) is 12.1 Å². The Morgan fingerprint density at radius 2 is 2.67 bits per heavy atom. The molecule has 2 rings (SSSR count). The van der Waals surface area contributed by atoms with Crippen LogP contribution in [0.3, 0.4) is 0 Å². The largest absolute Gasteiger partial charge is 0.381 e. The fraction of sp³-hybridized carbons (Fsp3) is 0.667. The van der Waals surface area contributed by atoms with Gasteiger partial charge in [-0.2, -0.15) is 5.10 Å². The molecule has 1 aliphatic heterocycles. The summed E-state index contributed by atoms with van der Waals surface area (Å²) in [6, 6.07) is 2.11. The highest BCUT2D eigenvalue weighted by Gasteiger charge is 2.16. The summed E-state index contributed by atoms with van der Waals surface area (Å²) in [7, 11) is 0. The Balaban J connectivity index is 1.94. The molecule has 0 saturated carbocycles. The number of hydrogen-bond acceptors (Lipinski definition) is 2. The smallest absolute Gasteiger partial charge is 0.0594 e. The van der Waals surface area contributed by atoms with Gasteiger partial charge in [0.1, 0.15) is 0 Å². The number of ether oxygens (including phenoxy) is 1. The van der Waals surface area contributed by atoms with E-state index in [4.69, 9.17) is 4.74 Å². The first kappa shape index (κ1) is 7.80. The van der Waals surface area contributed by atoms with Gasteiger partial charge in [-0.25, -0.2) is 0 Å². The van der Waals surface area contributed by atoms with Gasteiger partial charge in [-0.1, -0.05) is 0 Å². The highest BCUT2D eigenvalue weighted by Crippen LogP contribution is 2.17. The van der Waals surface area contributed by atoms with Crippen molar-refractivity contribution in [2.45, 2.75) is 19.8 Å². The summed E-state index contributed by atoms with van der Waals surface area (Å²) in [6.07, 6.45) is 2.28. The molecule has 0 amide bonds. The van der Waals surface area contributed by atoms with Crippen molar-refractivity contribution >= 4 is 0 Å². The minimum atomic E-state index is 0.699. The second-order valence-corrected chi connectivity index (χ2v) is 3.47. The zero-order valence-corrected chi connectivity index (χ0v) is 7.34. The van der Waals surface area contributed by atoms with Crippen LogP contribution in [0.15, 0.2) is 6.07 Å². The van der Waals surface area contributed by atoms with Crippen LogP contribution in [0.25, 0.3) is 0 Å². The molecule has 3 nitrogen and oxygen atoms in total. The average molecular weight is 166 g/mol. The lowest BCUT2D eigenvalue weighted by molar-refractivity contribution is 0.185. The SMILES string of the molecule is Cc1cc(CC2CCOC2)[nH]n1. The van der Waals surface area contributed by atoms with E-state index in [1.807, 2.05) is 6.92 Å². The standard InChI is InChI=1S/C9H14N2O/c1-7-4-9(11-10-7)5-8-2-3-12-6-8/h4,8H,2-3,5-6H2,1H3,(H,10,11). The lowest BCUT2D eigenvalue weighted by Crippen LogP contribution is -2.03. The minimum absolute atomic E-state index is 0.699. The van der Waals surface area contributed by atoms with Gasteiger partial charge < -0.3 is 4.74 Å². The van der Waals surface area contributed by atoms with Gasteiger partial charge in [-0.3, -0.25) is 5.10 Å². The topological polar surface area (TPSA) is 37.9 Å². The summed E-state index contributed by atoms with van der Waals surface area (Å²) in [5.41, 5.74) is 2.31. The molecule has 0 aliphatic carbocycles. The second kappa shape index (κ2) is 3.27. The van der Waals surface area contributed by atoms with E-state index in [0.29, 0.717) is 5.92 Å². The fourth-order valence-electron chi connectivity index (χ4n) is 1.64. The van der Waals surface area contributed by atoms with Crippen molar-refractivity contribution in [3.63, 3.8) is 0 Å². The molecule has 0 aromatic carbocycles. The van der Waals surface area contributed by atoms with E-state index in [9.17, 15) is 0 Å². The van der Waals surface area contributed by atoms with Crippen LogP contribution in [-0.4, -0.2) is 23.4 Å². The molecule has 1 aliphatic rings. The lowest BCUT2D eigenvalue weighted by atomic mass is 10.0. The van der Waals surface area contributed by atoms with Crippen LogP contribution in [0.1, 0.15) is 17.8 Å². The third-order valence-corrected chi connectivity index (χ3v) is 2.29. The van der Waals surface area contributed by atoms with Crippen molar-refractivity contribution in [3.8, 4) is 0 Å². The Bertz CT molecular complexity index is 251. The lowest BCUT2D eigenvalue weighted by Gasteiger charge is -2.03. The molecular formula is C9H14N2O. The molecule has 12 heavy (non-hydrogen) atoms. The first-order valence-electron chi connectivity index (χ1n) is 4.43. The molecule has 1 aromatic heterocycles. The Hall–Kier alpha value is -0.830. The monoisotopic (exact) mass is 166 g/mol. The molecule has 1 N–H and O–H groups in total. The number of nitrogens with one attached hydrogen (secondary N) is 1. The van der Waals surface area contributed by atoms with Gasteiger partial charge in [-0.05, 0) is 31.7 Å². The summed E-state index contributed by atoms with van der Waals surface area (Å²) in [4.78, 5) is 0. The van der Waals surface area contributed by atoms with Gasteiger partial charge in [0.15, 0.2) is 0 Å². The van der Waals surface area contributed by atoms with Crippen molar-refractivity contribution in [1.82, 2.24) is 10.2 Å². The Morgan fingerprint density at radius 3 is 3.25 bits per heavy atom. The molecule has 1 unspecified atom stereocenters. The van der Waals surface area contributed by atoms with Gasteiger partial charge >= 0.3 is 0 Å². The zero-order chi connectivity index (χ0) is 8.39. The van der Waals surface area contributed by atoms with E-state index in [-0.39, 0.29) is 0 Å². The Morgan fingerprint density at radius 1 is 1.75 bits per heavy atom. The van der Waals surface area contributed by atoms with Crippen LogP contribution < -0.4 is 0 Å². The van der Waals surface area contributed by atoms with Gasteiger partial charge in [0.05, 0.1) is 5.69 Å². The molecule has 0 radical (unpaired) electrons. The number of aryl methyl sites for hydroxylation is 1. The molecule has 1 atom stereocenters.